The number of hydrogen-bond acceptors (Lipinski definition) is 3. The van der Waals surface area contributed by atoms with Crippen LogP contribution in [0, 0.1) is 11.6 Å². The fourth-order valence-corrected chi connectivity index (χ4v) is 4.02. The first-order valence-corrected chi connectivity index (χ1v) is 10.5. The van der Waals surface area contributed by atoms with Crippen LogP contribution < -0.4 is 5.32 Å². The van der Waals surface area contributed by atoms with E-state index in [9.17, 15) is 18.7 Å². The first kappa shape index (κ1) is 21.9. The summed E-state index contributed by atoms with van der Waals surface area (Å²) < 4.78 is 27.7. The maximum atomic E-state index is 13.8. The van der Waals surface area contributed by atoms with Gasteiger partial charge in [-0.25, -0.2) is 8.78 Å². The molecule has 3 aromatic rings. The molecule has 0 aliphatic carbocycles. The van der Waals surface area contributed by atoms with E-state index in [-0.39, 0.29) is 6.61 Å². The van der Waals surface area contributed by atoms with Crippen molar-refractivity contribution in [2.24, 2.45) is 0 Å². The van der Waals surface area contributed by atoms with Crippen molar-refractivity contribution in [1.82, 2.24) is 4.90 Å². The Hall–Kier alpha value is -3.35. The zero-order chi connectivity index (χ0) is 22.5. The summed E-state index contributed by atoms with van der Waals surface area (Å²) in [6.45, 7) is 2.37. The van der Waals surface area contributed by atoms with Crippen molar-refractivity contribution in [1.29, 1.82) is 0 Å². The van der Waals surface area contributed by atoms with Crippen LogP contribution in [-0.2, 0) is 6.54 Å². The zero-order valence-corrected chi connectivity index (χ0v) is 17.5. The summed E-state index contributed by atoms with van der Waals surface area (Å²) in [7, 11) is 0. The van der Waals surface area contributed by atoms with Gasteiger partial charge in [0.25, 0.3) is 5.91 Å². The highest BCUT2D eigenvalue weighted by Gasteiger charge is 2.20. The van der Waals surface area contributed by atoms with E-state index < -0.39 is 23.1 Å². The minimum Gasteiger partial charge on any atom is -0.392 e. The first-order valence-electron chi connectivity index (χ1n) is 10.5. The third-order valence-electron chi connectivity index (χ3n) is 5.64. The fourth-order valence-electron chi connectivity index (χ4n) is 4.02. The van der Waals surface area contributed by atoms with Crippen LogP contribution in [0.25, 0.3) is 5.57 Å². The minimum absolute atomic E-state index is 0.0222. The number of rotatable bonds is 6. The highest BCUT2D eigenvalue weighted by atomic mass is 19.1. The highest BCUT2D eigenvalue weighted by molar-refractivity contribution is 6.04. The molecular weight excluding hydrogens is 410 g/mol. The normalized spacial score (nSPS) is 14.5. The predicted octanol–water partition coefficient (Wildman–Crippen LogP) is 4.87. The van der Waals surface area contributed by atoms with Crippen LogP contribution in [0.2, 0.25) is 0 Å². The summed E-state index contributed by atoms with van der Waals surface area (Å²) in [5.74, 6) is -2.64. The molecule has 0 unspecified atom stereocenters. The molecule has 4 nitrogen and oxygen atoms in total. The molecule has 3 aromatic carbocycles. The summed E-state index contributed by atoms with van der Waals surface area (Å²) in [6.07, 6.45) is 0.800. The van der Waals surface area contributed by atoms with E-state index in [1.54, 1.807) is 12.1 Å². The second-order valence-corrected chi connectivity index (χ2v) is 7.81. The molecule has 1 heterocycles. The van der Waals surface area contributed by atoms with Crippen molar-refractivity contribution < 1.29 is 18.7 Å². The van der Waals surface area contributed by atoms with Gasteiger partial charge >= 0.3 is 0 Å². The quantitative estimate of drug-likeness (QED) is 0.582. The summed E-state index contributed by atoms with van der Waals surface area (Å²) in [5, 5.41) is 12.5. The summed E-state index contributed by atoms with van der Waals surface area (Å²) in [6, 6.07) is 20.6. The molecule has 1 amide bonds. The van der Waals surface area contributed by atoms with E-state index >= 15 is 0 Å². The fraction of sp³-hybridized carbons (Fsp3) is 0.192. The van der Waals surface area contributed by atoms with Crippen LogP contribution in [0.5, 0.6) is 0 Å². The summed E-state index contributed by atoms with van der Waals surface area (Å²) in [5.41, 5.74) is 4.09. The second-order valence-electron chi connectivity index (χ2n) is 7.81. The zero-order valence-electron chi connectivity index (χ0n) is 17.5. The van der Waals surface area contributed by atoms with Crippen LogP contribution >= 0.6 is 0 Å². The Morgan fingerprint density at radius 3 is 2.28 bits per heavy atom. The predicted molar refractivity (Wildman–Crippen MR) is 121 cm³/mol. The minimum atomic E-state index is -0.904. The Bertz CT molecular complexity index is 1110. The molecule has 0 atom stereocenters. The number of benzene rings is 3. The van der Waals surface area contributed by atoms with Gasteiger partial charge in [-0.15, -0.1) is 0 Å². The van der Waals surface area contributed by atoms with Gasteiger partial charge in [0.15, 0.2) is 0 Å². The lowest BCUT2D eigenvalue weighted by Gasteiger charge is -2.30. The number of aliphatic hydroxyl groups is 1. The average Bonchev–Trinajstić information content (AvgIpc) is 2.80. The molecule has 0 saturated heterocycles. The SMILES string of the molecule is O=C(Nc1ccc(C2=C(CO)CN(Cc3ccccc3)CC2)cc1)c1c(F)cccc1F. The molecular formula is C26H24F2N2O2. The molecule has 1 aliphatic rings. The average molecular weight is 434 g/mol. The standard InChI is InChI=1S/C26H24F2N2O2/c27-23-7-4-8-24(28)25(23)26(32)29-21-11-9-19(10-12-21)22-13-14-30(16-20(22)17-31)15-18-5-2-1-3-6-18/h1-12,31H,13-17H2,(H,29,32). The van der Waals surface area contributed by atoms with Crippen molar-refractivity contribution >= 4 is 17.2 Å². The Kier molecular flexibility index (Phi) is 6.73. The maximum Gasteiger partial charge on any atom is 0.261 e. The third-order valence-corrected chi connectivity index (χ3v) is 5.64. The molecule has 4 rings (SSSR count). The van der Waals surface area contributed by atoms with Crippen LogP contribution in [0.15, 0.2) is 78.4 Å². The molecule has 0 bridgehead atoms. The number of carbonyl (C=O) groups excluding carboxylic acids is 1. The molecule has 0 spiro atoms. The molecule has 0 fully saturated rings. The van der Waals surface area contributed by atoms with Gasteiger partial charge in [0.2, 0.25) is 0 Å². The lowest BCUT2D eigenvalue weighted by molar-refractivity contribution is 0.101. The number of halogens is 2. The van der Waals surface area contributed by atoms with Crippen molar-refractivity contribution in [3.8, 4) is 0 Å². The number of anilines is 1. The maximum absolute atomic E-state index is 13.8. The van der Waals surface area contributed by atoms with Crippen molar-refractivity contribution in [3.05, 3.63) is 107 Å². The van der Waals surface area contributed by atoms with Gasteiger partial charge in [0.05, 0.1) is 6.61 Å². The number of amides is 1. The van der Waals surface area contributed by atoms with Crippen LogP contribution in [-0.4, -0.2) is 35.6 Å². The lowest BCUT2D eigenvalue weighted by Crippen LogP contribution is -2.32. The van der Waals surface area contributed by atoms with Crippen molar-refractivity contribution in [2.75, 3.05) is 25.0 Å². The van der Waals surface area contributed by atoms with E-state index in [1.165, 1.54) is 11.6 Å². The largest absolute Gasteiger partial charge is 0.392 e. The molecule has 164 valence electrons. The monoisotopic (exact) mass is 434 g/mol. The van der Waals surface area contributed by atoms with Crippen molar-refractivity contribution in [3.63, 3.8) is 0 Å². The van der Waals surface area contributed by atoms with E-state index in [0.717, 1.165) is 48.4 Å². The Morgan fingerprint density at radius 1 is 0.938 bits per heavy atom. The van der Waals surface area contributed by atoms with Gasteiger partial charge in [0.1, 0.15) is 17.2 Å². The molecule has 0 radical (unpaired) electrons. The second kappa shape index (κ2) is 9.85. The van der Waals surface area contributed by atoms with E-state index in [0.29, 0.717) is 12.2 Å². The number of carbonyl (C=O) groups is 1. The van der Waals surface area contributed by atoms with Gasteiger partial charge in [-0.2, -0.15) is 0 Å². The molecule has 1 aliphatic heterocycles. The summed E-state index contributed by atoms with van der Waals surface area (Å²) in [4.78, 5) is 14.6. The third kappa shape index (κ3) is 4.93. The molecule has 0 aromatic heterocycles. The number of nitrogens with zero attached hydrogens (tertiary/aromatic N) is 1. The highest BCUT2D eigenvalue weighted by Crippen LogP contribution is 2.29. The van der Waals surface area contributed by atoms with Gasteiger partial charge in [-0.1, -0.05) is 48.5 Å². The molecule has 6 heteroatoms. The van der Waals surface area contributed by atoms with E-state index in [4.69, 9.17) is 0 Å². The molecule has 0 saturated carbocycles. The van der Waals surface area contributed by atoms with Crippen LogP contribution in [0.1, 0.15) is 27.9 Å². The van der Waals surface area contributed by atoms with Crippen molar-refractivity contribution in [2.45, 2.75) is 13.0 Å². The van der Waals surface area contributed by atoms with Gasteiger partial charge in [-0.05, 0) is 53.0 Å². The summed E-state index contributed by atoms with van der Waals surface area (Å²) >= 11 is 0. The Morgan fingerprint density at radius 2 is 1.62 bits per heavy atom. The Balaban J connectivity index is 1.46. The number of nitrogens with one attached hydrogen (secondary N) is 1. The van der Waals surface area contributed by atoms with E-state index in [1.807, 2.05) is 30.3 Å². The Labute approximate surface area is 185 Å². The van der Waals surface area contributed by atoms with Gasteiger partial charge < -0.3 is 10.4 Å². The van der Waals surface area contributed by atoms with Gasteiger partial charge in [-0.3, -0.25) is 9.69 Å². The number of hydrogen-bond donors (Lipinski definition) is 2. The van der Waals surface area contributed by atoms with Crippen LogP contribution in [0.3, 0.4) is 0 Å². The molecule has 32 heavy (non-hydrogen) atoms. The smallest absolute Gasteiger partial charge is 0.261 e. The first-order chi connectivity index (χ1) is 15.5. The van der Waals surface area contributed by atoms with Gasteiger partial charge in [0, 0.05) is 25.3 Å². The lowest BCUT2D eigenvalue weighted by atomic mass is 9.93. The molecule has 2 N–H and O–H groups in total. The van der Waals surface area contributed by atoms with E-state index in [2.05, 4.69) is 22.3 Å². The topological polar surface area (TPSA) is 52.6 Å². The van der Waals surface area contributed by atoms with Crippen LogP contribution in [0.4, 0.5) is 14.5 Å². The number of aliphatic hydroxyl groups excluding tert-OH is 1.